The first kappa shape index (κ1) is 27.7. The van der Waals surface area contributed by atoms with Gasteiger partial charge in [0.05, 0.1) is 17.9 Å². The van der Waals surface area contributed by atoms with E-state index in [4.69, 9.17) is 9.39 Å². The van der Waals surface area contributed by atoms with Crippen molar-refractivity contribution in [2.75, 3.05) is 13.7 Å². The summed E-state index contributed by atoms with van der Waals surface area (Å²) in [5, 5.41) is 21.1. The normalized spacial score (nSPS) is 25.2. The molecular weight excluding hydrogens is 561 g/mol. The molecule has 5 rings (SSSR count). The van der Waals surface area contributed by atoms with Crippen molar-refractivity contribution >= 4 is 40.9 Å². The molecule has 2 aliphatic heterocycles. The molecule has 0 spiro atoms. The predicted molar refractivity (Wildman–Crippen MR) is 153 cm³/mol. The number of nitrogens with zero attached hydrogens (tertiary/aromatic N) is 1. The fourth-order valence-corrected chi connectivity index (χ4v) is 6.65. The van der Waals surface area contributed by atoms with E-state index in [1.807, 2.05) is 42.5 Å². The van der Waals surface area contributed by atoms with Gasteiger partial charge in [0, 0.05) is 17.1 Å². The average molecular weight is 594 g/mol. The van der Waals surface area contributed by atoms with E-state index in [1.54, 1.807) is 19.2 Å². The Morgan fingerprint density at radius 2 is 1.95 bits per heavy atom. The number of likely N-dealkylation sites (tertiary alicyclic amines) is 1. The summed E-state index contributed by atoms with van der Waals surface area (Å²) in [5.41, 5.74) is 3.84. The van der Waals surface area contributed by atoms with E-state index in [2.05, 4.69) is 22.9 Å². The van der Waals surface area contributed by atoms with Gasteiger partial charge in [-0.05, 0) is 79.4 Å². The van der Waals surface area contributed by atoms with Gasteiger partial charge in [0.15, 0.2) is 0 Å². The van der Waals surface area contributed by atoms with Crippen molar-refractivity contribution in [2.45, 2.75) is 45.0 Å². The van der Waals surface area contributed by atoms with Gasteiger partial charge in [-0.3, -0.25) is 14.5 Å². The van der Waals surface area contributed by atoms with Crippen molar-refractivity contribution in [3.8, 4) is 11.5 Å². The number of fused-ring (bicyclic) bond motifs is 3. The number of phenolic OH excluding ortho intramolecular Hbond substituents is 1. The highest BCUT2D eigenvalue weighted by molar-refractivity contribution is 9.10. The highest BCUT2D eigenvalue weighted by atomic mass is 79.9. The predicted octanol–water partition coefficient (Wildman–Crippen LogP) is 5.23. The van der Waals surface area contributed by atoms with E-state index < -0.39 is 25.1 Å². The average Bonchev–Trinajstić information content (AvgIpc) is 3.15. The molecule has 9 heteroatoms. The zero-order chi connectivity index (χ0) is 27.7. The molecule has 7 nitrogen and oxygen atoms in total. The van der Waals surface area contributed by atoms with Gasteiger partial charge >= 0.3 is 7.12 Å². The summed E-state index contributed by atoms with van der Waals surface area (Å²) in [4.78, 5) is 27.4. The van der Waals surface area contributed by atoms with Crippen LogP contribution in [0.15, 0.2) is 69.7 Å². The Morgan fingerprint density at radius 1 is 1.18 bits per heavy atom. The van der Waals surface area contributed by atoms with Crippen LogP contribution in [0, 0.1) is 17.8 Å². The van der Waals surface area contributed by atoms with Crippen molar-refractivity contribution in [1.82, 2.24) is 4.90 Å². The van der Waals surface area contributed by atoms with Crippen LogP contribution in [-0.2, 0) is 14.2 Å². The van der Waals surface area contributed by atoms with E-state index >= 15 is 0 Å². The summed E-state index contributed by atoms with van der Waals surface area (Å²) < 4.78 is 13.1. The zero-order valence-electron chi connectivity index (χ0n) is 22.2. The number of carbonyl (C=O) groups excluding carboxylic acids is 2. The molecule has 0 aromatic heterocycles. The molecule has 0 unspecified atom stereocenters. The number of ether oxygens (including phenoxy) is 1. The van der Waals surface area contributed by atoms with Crippen LogP contribution in [0.1, 0.15) is 38.2 Å². The Kier molecular flexibility index (Phi) is 8.31. The molecule has 4 atom stereocenters. The van der Waals surface area contributed by atoms with Crippen LogP contribution < -0.4 is 4.74 Å². The van der Waals surface area contributed by atoms with Gasteiger partial charge in [-0.25, -0.2) is 0 Å². The number of para-hydroxylation sites is 1. The molecule has 0 radical (unpaired) electrons. The maximum atomic E-state index is 13.2. The molecule has 2 fully saturated rings. The van der Waals surface area contributed by atoms with Gasteiger partial charge < -0.3 is 19.5 Å². The van der Waals surface area contributed by atoms with E-state index in [-0.39, 0.29) is 29.8 Å². The minimum atomic E-state index is -1.02. The number of halogens is 1. The lowest BCUT2D eigenvalue weighted by molar-refractivity contribution is -0.138. The quantitative estimate of drug-likeness (QED) is 0.247. The molecule has 2 saturated heterocycles. The standard InChI is InChI=1S/C30H33BBrNO6/c1-3-18(13-19-14-21(32)10-11-25(19)34)9-12-26-27-20(17-38-22-7-5-4-6-8-22)15-23-28(24(27)16-31(37)39-26)30(36)33(2)29(23)35/h4-8,10-11,13-14,23-24,26,28,34,37H,3,9,12,15-17H2,1-2H3/b18-13+/t23-,24+,26-,28-/m1/s1. The van der Waals surface area contributed by atoms with Gasteiger partial charge in [0.1, 0.15) is 18.1 Å². The molecular formula is C30H33BBrNO6. The monoisotopic (exact) mass is 593 g/mol. The van der Waals surface area contributed by atoms with E-state index in [0.29, 0.717) is 25.9 Å². The molecule has 0 bridgehead atoms. The number of hydrogen-bond acceptors (Lipinski definition) is 6. The Hall–Kier alpha value is -2.88. The largest absolute Gasteiger partial charge is 0.507 e. The zero-order valence-corrected chi connectivity index (χ0v) is 23.8. The molecule has 39 heavy (non-hydrogen) atoms. The van der Waals surface area contributed by atoms with E-state index in [1.165, 1.54) is 4.90 Å². The fraction of sp³-hybridized carbons (Fsp3) is 0.400. The van der Waals surface area contributed by atoms with Crippen LogP contribution in [0.3, 0.4) is 0 Å². The van der Waals surface area contributed by atoms with Crippen LogP contribution in [0.4, 0.5) is 0 Å². The third-order valence-corrected chi connectivity index (χ3v) is 8.71. The van der Waals surface area contributed by atoms with Crippen LogP contribution in [0.2, 0.25) is 6.32 Å². The molecule has 0 saturated carbocycles. The lowest BCUT2D eigenvalue weighted by Crippen LogP contribution is -2.46. The number of aromatic hydroxyl groups is 1. The molecule has 204 valence electrons. The first-order chi connectivity index (χ1) is 18.8. The summed E-state index contributed by atoms with van der Waals surface area (Å²) in [5.74, 6) is -0.610. The van der Waals surface area contributed by atoms with Gasteiger partial charge in [-0.1, -0.05) is 52.7 Å². The Morgan fingerprint density at radius 3 is 2.69 bits per heavy atom. The summed E-state index contributed by atoms with van der Waals surface area (Å²) in [6, 6.07) is 14.9. The molecule has 1 aliphatic carbocycles. The summed E-state index contributed by atoms with van der Waals surface area (Å²) in [6.07, 6.45) is 4.37. The van der Waals surface area contributed by atoms with Crippen molar-refractivity contribution in [3.63, 3.8) is 0 Å². The SMILES string of the molecule is CC/C(=C\c1cc(Br)ccc1O)CC[C@H]1OB(O)C[C@H]2C1=C(COc1ccccc1)C[C@H]1C(=O)N(C)C(=O)[C@H]12. The highest BCUT2D eigenvalue weighted by Crippen LogP contribution is 2.50. The lowest BCUT2D eigenvalue weighted by atomic mass is 9.58. The highest BCUT2D eigenvalue weighted by Gasteiger charge is 2.56. The van der Waals surface area contributed by atoms with Gasteiger partial charge in [0.2, 0.25) is 11.8 Å². The van der Waals surface area contributed by atoms with Crippen molar-refractivity contribution in [3.05, 3.63) is 75.3 Å². The minimum absolute atomic E-state index is 0.163. The molecule has 2 aromatic carbocycles. The molecule has 2 heterocycles. The van der Waals surface area contributed by atoms with Crippen LogP contribution >= 0.6 is 15.9 Å². The Bertz CT molecular complexity index is 1310. The third kappa shape index (κ3) is 5.71. The second-order valence-corrected chi connectivity index (χ2v) is 11.5. The maximum Gasteiger partial charge on any atom is 0.455 e. The number of phenols is 1. The number of allylic oxidation sites excluding steroid dienone is 1. The minimum Gasteiger partial charge on any atom is -0.507 e. The smallest absolute Gasteiger partial charge is 0.455 e. The molecule has 2 amide bonds. The van der Waals surface area contributed by atoms with Crippen LogP contribution in [-0.4, -0.2) is 53.7 Å². The maximum absolute atomic E-state index is 13.2. The van der Waals surface area contributed by atoms with Crippen molar-refractivity contribution in [2.24, 2.45) is 17.8 Å². The first-order valence-electron chi connectivity index (χ1n) is 13.5. The number of rotatable bonds is 8. The second kappa shape index (κ2) is 11.7. The number of imide groups is 1. The second-order valence-electron chi connectivity index (χ2n) is 10.6. The topological polar surface area (TPSA) is 96.3 Å². The molecule has 2 N–H and O–H groups in total. The number of benzene rings is 2. The summed E-state index contributed by atoms with van der Waals surface area (Å²) >= 11 is 3.47. The lowest BCUT2D eigenvalue weighted by Gasteiger charge is -2.43. The number of carbonyl (C=O) groups is 2. The summed E-state index contributed by atoms with van der Waals surface area (Å²) in [6.45, 7) is 2.37. The van der Waals surface area contributed by atoms with Crippen LogP contribution in [0.25, 0.3) is 6.08 Å². The fourth-order valence-electron chi connectivity index (χ4n) is 6.27. The van der Waals surface area contributed by atoms with E-state index in [0.717, 1.165) is 38.9 Å². The summed E-state index contributed by atoms with van der Waals surface area (Å²) in [7, 11) is 0.530. The molecule has 2 aromatic rings. The van der Waals surface area contributed by atoms with Gasteiger partial charge in [-0.2, -0.15) is 0 Å². The Labute approximate surface area is 237 Å². The Balaban J connectivity index is 1.45. The molecule has 3 aliphatic rings. The number of hydrogen-bond donors (Lipinski definition) is 2. The van der Waals surface area contributed by atoms with E-state index in [9.17, 15) is 19.7 Å². The first-order valence-corrected chi connectivity index (χ1v) is 14.3. The van der Waals surface area contributed by atoms with Crippen LogP contribution in [0.5, 0.6) is 11.5 Å². The third-order valence-electron chi connectivity index (χ3n) is 8.22. The van der Waals surface area contributed by atoms with Gasteiger partial charge in [0.25, 0.3) is 0 Å². The van der Waals surface area contributed by atoms with Crippen molar-refractivity contribution in [1.29, 1.82) is 0 Å². The number of amides is 2. The van der Waals surface area contributed by atoms with Gasteiger partial charge in [-0.15, -0.1) is 0 Å². The van der Waals surface area contributed by atoms with Crippen molar-refractivity contribution < 1.29 is 29.1 Å².